The lowest BCUT2D eigenvalue weighted by atomic mass is 9.55. The van der Waals surface area contributed by atoms with Gasteiger partial charge in [-0.05, 0) is 58.7 Å². The molecule has 1 saturated heterocycles. The Bertz CT molecular complexity index is 1640. The first-order valence-corrected chi connectivity index (χ1v) is 13.5. The lowest BCUT2D eigenvalue weighted by Crippen LogP contribution is -2.41. The lowest BCUT2D eigenvalue weighted by Gasteiger charge is -2.45. The molecule has 2 amide bonds. The minimum Gasteiger partial charge on any atom is -0.457 e. The van der Waals surface area contributed by atoms with Crippen molar-refractivity contribution >= 4 is 29.5 Å². The van der Waals surface area contributed by atoms with E-state index in [-0.39, 0.29) is 28.9 Å². The van der Waals surface area contributed by atoms with Crippen LogP contribution in [-0.2, 0) is 19.1 Å². The molecule has 42 heavy (non-hydrogen) atoms. The van der Waals surface area contributed by atoms with Crippen LogP contribution in [0.1, 0.15) is 55.0 Å². The summed E-state index contributed by atoms with van der Waals surface area (Å²) in [5.41, 5.74) is 4.40. The van der Waals surface area contributed by atoms with E-state index in [1.54, 1.807) is 6.07 Å². The van der Waals surface area contributed by atoms with Crippen molar-refractivity contribution in [1.82, 2.24) is 4.90 Å². The van der Waals surface area contributed by atoms with Gasteiger partial charge in [-0.25, -0.2) is 4.79 Å². The average Bonchev–Trinajstić information content (AvgIpc) is 3.65. The summed E-state index contributed by atoms with van der Waals surface area (Å²) < 4.78 is 15.4. The van der Waals surface area contributed by atoms with Gasteiger partial charge in [0.05, 0.1) is 18.1 Å². The average molecular weight is 562 g/mol. The smallest absolute Gasteiger partial charge is 0.379 e. The largest absolute Gasteiger partial charge is 0.457 e. The standard InChI is InChI=1S/C33H23NO8/c35-24(18-11-13-19(14-12-18)42-33(39)25-10-5-15-40-25)17-41-26(36)16-34-31(37)29-27-20-6-1-2-7-21(20)28(30(29)32(34)38)23-9-4-3-8-22(23)27/h1-15,27-30H,16-17H2. The fourth-order valence-electron chi connectivity index (χ4n) is 6.56. The second kappa shape index (κ2) is 9.95. The van der Waals surface area contributed by atoms with E-state index in [1.807, 2.05) is 48.5 Å². The van der Waals surface area contributed by atoms with Crippen LogP contribution >= 0.6 is 0 Å². The number of esters is 2. The number of Topliss-reactive ketones (excluding diaryl/α,β-unsaturated/α-hetero) is 1. The van der Waals surface area contributed by atoms with E-state index >= 15 is 0 Å². The second-order valence-corrected chi connectivity index (χ2v) is 10.5. The van der Waals surface area contributed by atoms with Gasteiger partial charge in [-0.15, -0.1) is 0 Å². The van der Waals surface area contributed by atoms with Gasteiger partial charge in [-0.1, -0.05) is 48.5 Å². The Hall–Kier alpha value is -5.31. The van der Waals surface area contributed by atoms with Gasteiger partial charge < -0.3 is 13.9 Å². The molecule has 2 unspecified atom stereocenters. The molecule has 1 fully saturated rings. The molecule has 9 nitrogen and oxygen atoms in total. The number of imide groups is 1. The summed E-state index contributed by atoms with van der Waals surface area (Å²) in [6, 6.07) is 24.5. The quantitative estimate of drug-likeness (QED) is 0.143. The fraction of sp³-hybridized carbons (Fsp3) is 0.182. The number of ether oxygens (including phenoxy) is 2. The summed E-state index contributed by atoms with van der Waals surface area (Å²) in [6.45, 7) is -1.14. The number of hydrogen-bond donors (Lipinski definition) is 0. The number of amides is 2. The van der Waals surface area contributed by atoms with Crippen LogP contribution in [0.3, 0.4) is 0 Å². The van der Waals surface area contributed by atoms with E-state index in [9.17, 15) is 24.0 Å². The van der Waals surface area contributed by atoms with Crippen molar-refractivity contribution in [2.45, 2.75) is 11.8 Å². The Morgan fingerprint density at radius 3 is 1.76 bits per heavy atom. The second-order valence-electron chi connectivity index (χ2n) is 10.5. The highest BCUT2D eigenvalue weighted by Gasteiger charge is 2.61. The van der Waals surface area contributed by atoms with Crippen LogP contribution in [0, 0.1) is 11.8 Å². The van der Waals surface area contributed by atoms with Gasteiger partial charge in [-0.2, -0.15) is 0 Å². The molecule has 3 aliphatic carbocycles. The highest BCUT2D eigenvalue weighted by Crippen LogP contribution is 2.60. The van der Waals surface area contributed by atoms with E-state index < -0.39 is 54.5 Å². The molecular formula is C33H23NO8. The first-order valence-electron chi connectivity index (χ1n) is 13.5. The summed E-state index contributed by atoms with van der Waals surface area (Å²) in [7, 11) is 0. The number of ketones is 1. The van der Waals surface area contributed by atoms with Gasteiger partial charge in [0.25, 0.3) is 0 Å². The van der Waals surface area contributed by atoms with Gasteiger partial charge in [0.1, 0.15) is 12.3 Å². The first kappa shape index (κ1) is 25.6. The topological polar surface area (TPSA) is 120 Å². The zero-order valence-corrected chi connectivity index (χ0v) is 22.1. The molecule has 9 heteroatoms. The molecule has 0 radical (unpaired) electrons. The molecule has 3 aromatic carbocycles. The number of furan rings is 1. The Kier molecular flexibility index (Phi) is 6.08. The van der Waals surface area contributed by atoms with Crippen LogP contribution in [-0.4, -0.2) is 47.6 Å². The minimum atomic E-state index is -0.852. The SMILES string of the molecule is O=C(CN1C(=O)C2C3c4ccccc4C(c4ccccc43)C2C1=O)OCC(=O)c1ccc(OC(=O)c2ccco2)cc1. The van der Waals surface area contributed by atoms with E-state index in [1.165, 1.54) is 36.6 Å². The molecule has 2 heterocycles. The third-order valence-corrected chi connectivity index (χ3v) is 8.30. The number of hydrogen-bond acceptors (Lipinski definition) is 8. The minimum absolute atomic E-state index is 0.0398. The van der Waals surface area contributed by atoms with Gasteiger partial charge in [0, 0.05) is 17.4 Å². The Balaban J connectivity index is 1.01. The summed E-state index contributed by atoms with van der Waals surface area (Å²) in [5, 5.41) is 0. The van der Waals surface area contributed by atoms with Gasteiger partial charge in [0.2, 0.25) is 17.6 Å². The normalized spacial score (nSPS) is 21.4. The molecule has 8 rings (SSSR count). The van der Waals surface area contributed by atoms with Crippen LogP contribution < -0.4 is 4.74 Å². The fourth-order valence-corrected chi connectivity index (χ4v) is 6.56. The molecule has 208 valence electrons. The number of benzene rings is 3. The molecule has 2 atom stereocenters. The highest BCUT2D eigenvalue weighted by atomic mass is 16.5. The van der Waals surface area contributed by atoms with E-state index in [0.717, 1.165) is 27.2 Å². The Morgan fingerprint density at radius 2 is 1.26 bits per heavy atom. The third-order valence-electron chi connectivity index (χ3n) is 8.30. The molecule has 0 saturated carbocycles. The Labute approximate surface area is 239 Å². The van der Waals surface area contributed by atoms with Crippen LogP contribution in [0.25, 0.3) is 0 Å². The molecule has 1 aliphatic heterocycles. The molecule has 2 bridgehead atoms. The van der Waals surface area contributed by atoms with Crippen molar-refractivity contribution in [3.05, 3.63) is 125 Å². The monoisotopic (exact) mass is 561 g/mol. The lowest BCUT2D eigenvalue weighted by molar-refractivity contribution is -0.152. The highest BCUT2D eigenvalue weighted by molar-refractivity contribution is 6.09. The van der Waals surface area contributed by atoms with Crippen LogP contribution in [0.5, 0.6) is 5.75 Å². The summed E-state index contributed by atoms with van der Waals surface area (Å²) in [6.07, 6.45) is 1.35. The van der Waals surface area contributed by atoms with Crippen molar-refractivity contribution in [1.29, 1.82) is 0 Å². The van der Waals surface area contributed by atoms with Crippen molar-refractivity contribution in [2.75, 3.05) is 13.2 Å². The maximum absolute atomic E-state index is 13.6. The number of nitrogens with zero attached hydrogens (tertiary/aromatic N) is 1. The molecule has 4 aromatic rings. The molecule has 1 aromatic heterocycles. The number of likely N-dealkylation sites (tertiary alicyclic amines) is 1. The number of carbonyl (C=O) groups excluding carboxylic acids is 5. The number of carbonyl (C=O) groups is 5. The van der Waals surface area contributed by atoms with Crippen molar-refractivity contribution < 1.29 is 37.9 Å². The van der Waals surface area contributed by atoms with Gasteiger partial charge in [-0.3, -0.25) is 24.1 Å². The summed E-state index contributed by atoms with van der Waals surface area (Å²) in [5.74, 6) is -4.31. The van der Waals surface area contributed by atoms with Gasteiger partial charge in [0.15, 0.2) is 12.4 Å². The summed E-state index contributed by atoms with van der Waals surface area (Å²) >= 11 is 0. The predicted molar refractivity (Wildman–Crippen MR) is 146 cm³/mol. The molecular weight excluding hydrogens is 538 g/mol. The predicted octanol–water partition coefficient (Wildman–Crippen LogP) is 4.12. The summed E-state index contributed by atoms with van der Waals surface area (Å²) in [4.78, 5) is 65.6. The van der Waals surface area contributed by atoms with Crippen molar-refractivity contribution in [2.24, 2.45) is 11.8 Å². The molecule has 0 N–H and O–H groups in total. The van der Waals surface area contributed by atoms with E-state index in [2.05, 4.69) is 0 Å². The van der Waals surface area contributed by atoms with Crippen molar-refractivity contribution in [3.63, 3.8) is 0 Å². The maximum atomic E-state index is 13.6. The zero-order chi connectivity index (χ0) is 29.0. The van der Waals surface area contributed by atoms with E-state index in [0.29, 0.717) is 0 Å². The zero-order valence-electron chi connectivity index (χ0n) is 22.1. The van der Waals surface area contributed by atoms with E-state index in [4.69, 9.17) is 13.9 Å². The van der Waals surface area contributed by atoms with Crippen molar-refractivity contribution in [3.8, 4) is 5.75 Å². The molecule has 0 spiro atoms. The first-order chi connectivity index (χ1) is 20.4. The van der Waals surface area contributed by atoms with Gasteiger partial charge >= 0.3 is 11.9 Å². The number of rotatable bonds is 7. The van der Waals surface area contributed by atoms with Crippen LogP contribution in [0.4, 0.5) is 0 Å². The molecule has 4 aliphatic rings. The Morgan fingerprint density at radius 1 is 0.714 bits per heavy atom. The third kappa shape index (κ3) is 4.04. The maximum Gasteiger partial charge on any atom is 0.379 e. The van der Waals surface area contributed by atoms with Crippen LogP contribution in [0.15, 0.2) is 95.6 Å². The van der Waals surface area contributed by atoms with Crippen LogP contribution in [0.2, 0.25) is 0 Å².